The second kappa shape index (κ2) is 6.91. The van der Waals surface area contributed by atoms with Gasteiger partial charge in [-0.3, -0.25) is 0 Å². The van der Waals surface area contributed by atoms with Gasteiger partial charge in [0.25, 0.3) is 0 Å². The third-order valence-electron chi connectivity index (χ3n) is 5.10. The number of nitrogens with one attached hydrogen (secondary N) is 2. The fourth-order valence-corrected chi connectivity index (χ4v) is 3.55. The van der Waals surface area contributed by atoms with E-state index in [-0.39, 0.29) is 0 Å². The molecule has 0 aromatic rings. The molecule has 2 N–H and O–H groups in total. The van der Waals surface area contributed by atoms with Gasteiger partial charge in [-0.05, 0) is 50.1 Å². The van der Waals surface area contributed by atoms with Crippen LogP contribution in [0.25, 0.3) is 0 Å². The second-order valence-electron chi connectivity index (χ2n) is 7.10. The zero-order valence-corrected chi connectivity index (χ0v) is 12.4. The van der Waals surface area contributed by atoms with Gasteiger partial charge < -0.3 is 10.6 Å². The van der Waals surface area contributed by atoms with Gasteiger partial charge in [-0.25, -0.2) is 0 Å². The van der Waals surface area contributed by atoms with Gasteiger partial charge in [-0.15, -0.1) is 0 Å². The second-order valence-corrected chi connectivity index (χ2v) is 7.10. The monoisotopic (exact) mass is 252 g/mol. The van der Waals surface area contributed by atoms with Gasteiger partial charge in [-0.1, -0.05) is 39.5 Å². The van der Waals surface area contributed by atoms with E-state index in [1.54, 1.807) is 0 Å². The quantitative estimate of drug-likeness (QED) is 0.750. The Balaban J connectivity index is 1.75. The molecule has 1 aliphatic carbocycles. The Hall–Kier alpha value is -0.0800. The molecule has 0 aromatic carbocycles. The van der Waals surface area contributed by atoms with Gasteiger partial charge in [-0.2, -0.15) is 0 Å². The van der Waals surface area contributed by atoms with Crippen molar-refractivity contribution in [2.45, 2.75) is 71.3 Å². The zero-order valence-electron chi connectivity index (χ0n) is 12.4. The Morgan fingerprint density at radius 1 is 1.00 bits per heavy atom. The highest BCUT2D eigenvalue weighted by Gasteiger charge is 2.30. The first-order valence-electron chi connectivity index (χ1n) is 8.12. The van der Waals surface area contributed by atoms with E-state index >= 15 is 0 Å². The lowest BCUT2D eigenvalue weighted by Crippen LogP contribution is -2.45. The van der Waals surface area contributed by atoms with Gasteiger partial charge >= 0.3 is 0 Å². The summed E-state index contributed by atoms with van der Waals surface area (Å²) in [6.45, 7) is 8.55. The summed E-state index contributed by atoms with van der Waals surface area (Å²) < 4.78 is 0. The SMILES string of the molecule is CC(C)(CNC1CCCCCC1)C1CCCNC1. The lowest BCUT2D eigenvalue weighted by Gasteiger charge is -2.38. The fourth-order valence-electron chi connectivity index (χ4n) is 3.55. The van der Waals surface area contributed by atoms with Crippen molar-refractivity contribution in [1.29, 1.82) is 0 Å². The first-order valence-corrected chi connectivity index (χ1v) is 8.12. The standard InChI is InChI=1S/C16H32N2/c1-16(2,14-8-7-11-17-12-14)13-18-15-9-5-3-4-6-10-15/h14-15,17-18H,3-13H2,1-2H3. The van der Waals surface area contributed by atoms with Crippen LogP contribution < -0.4 is 10.6 Å². The number of rotatable bonds is 4. The van der Waals surface area contributed by atoms with Crippen molar-refractivity contribution in [3.8, 4) is 0 Å². The van der Waals surface area contributed by atoms with Crippen molar-refractivity contribution >= 4 is 0 Å². The van der Waals surface area contributed by atoms with Gasteiger partial charge in [0, 0.05) is 12.6 Å². The first kappa shape index (κ1) is 14.3. The van der Waals surface area contributed by atoms with E-state index in [2.05, 4.69) is 24.5 Å². The van der Waals surface area contributed by atoms with Crippen molar-refractivity contribution in [2.24, 2.45) is 11.3 Å². The molecular formula is C16H32N2. The Labute approximate surface area is 113 Å². The lowest BCUT2D eigenvalue weighted by atomic mass is 9.75. The molecular weight excluding hydrogens is 220 g/mol. The van der Waals surface area contributed by atoms with Crippen LogP contribution in [0.1, 0.15) is 65.2 Å². The summed E-state index contributed by atoms with van der Waals surface area (Å²) in [6.07, 6.45) is 11.3. The van der Waals surface area contributed by atoms with Crippen LogP contribution >= 0.6 is 0 Å². The van der Waals surface area contributed by atoms with Gasteiger partial charge in [0.1, 0.15) is 0 Å². The normalized spacial score (nSPS) is 28.0. The van der Waals surface area contributed by atoms with Crippen LogP contribution in [0, 0.1) is 11.3 Å². The largest absolute Gasteiger partial charge is 0.316 e. The molecule has 106 valence electrons. The Kier molecular flexibility index (Phi) is 5.50. The molecule has 2 fully saturated rings. The van der Waals surface area contributed by atoms with Crippen molar-refractivity contribution in [2.75, 3.05) is 19.6 Å². The molecule has 1 unspecified atom stereocenters. The third kappa shape index (κ3) is 4.24. The predicted molar refractivity (Wildman–Crippen MR) is 78.9 cm³/mol. The van der Waals surface area contributed by atoms with Crippen LogP contribution in [-0.4, -0.2) is 25.7 Å². The maximum absolute atomic E-state index is 3.87. The predicted octanol–water partition coefficient (Wildman–Crippen LogP) is 3.32. The number of hydrogen-bond acceptors (Lipinski definition) is 2. The molecule has 0 spiro atoms. The van der Waals surface area contributed by atoms with E-state index in [9.17, 15) is 0 Å². The summed E-state index contributed by atoms with van der Waals surface area (Å²) in [5.74, 6) is 0.851. The molecule has 0 aromatic heterocycles. The molecule has 2 heteroatoms. The molecule has 2 aliphatic rings. The van der Waals surface area contributed by atoms with Crippen molar-refractivity contribution in [1.82, 2.24) is 10.6 Å². The summed E-state index contributed by atoms with van der Waals surface area (Å²) in [5, 5.41) is 7.43. The molecule has 1 saturated heterocycles. The summed E-state index contributed by atoms with van der Waals surface area (Å²) in [6, 6.07) is 0.795. The summed E-state index contributed by atoms with van der Waals surface area (Å²) in [4.78, 5) is 0. The van der Waals surface area contributed by atoms with E-state index in [0.29, 0.717) is 5.41 Å². The number of hydrogen-bond donors (Lipinski definition) is 2. The van der Waals surface area contributed by atoms with Crippen molar-refractivity contribution in [3.63, 3.8) is 0 Å². The highest BCUT2D eigenvalue weighted by molar-refractivity contribution is 4.86. The third-order valence-corrected chi connectivity index (χ3v) is 5.10. The maximum Gasteiger partial charge on any atom is 0.00672 e. The molecule has 1 heterocycles. The minimum atomic E-state index is 0.444. The zero-order chi connectivity index (χ0) is 12.8. The lowest BCUT2D eigenvalue weighted by molar-refractivity contribution is 0.159. The molecule has 1 saturated carbocycles. The molecule has 0 bridgehead atoms. The summed E-state index contributed by atoms with van der Waals surface area (Å²) in [7, 11) is 0. The summed E-state index contributed by atoms with van der Waals surface area (Å²) in [5.41, 5.74) is 0.444. The van der Waals surface area contributed by atoms with Crippen molar-refractivity contribution in [3.05, 3.63) is 0 Å². The minimum Gasteiger partial charge on any atom is -0.316 e. The van der Waals surface area contributed by atoms with Crippen LogP contribution in [0.15, 0.2) is 0 Å². The maximum atomic E-state index is 3.87. The molecule has 2 nitrogen and oxygen atoms in total. The van der Waals surface area contributed by atoms with Gasteiger partial charge in [0.05, 0.1) is 0 Å². The minimum absolute atomic E-state index is 0.444. The van der Waals surface area contributed by atoms with Crippen LogP contribution in [0.2, 0.25) is 0 Å². The molecule has 0 radical (unpaired) electrons. The van der Waals surface area contributed by atoms with Gasteiger partial charge in [0.15, 0.2) is 0 Å². The first-order chi connectivity index (χ1) is 8.68. The van der Waals surface area contributed by atoms with E-state index in [4.69, 9.17) is 0 Å². The Morgan fingerprint density at radius 2 is 1.72 bits per heavy atom. The van der Waals surface area contributed by atoms with Crippen LogP contribution in [0.5, 0.6) is 0 Å². The molecule has 18 heavy (non-hydrogen) atoms. The Bertz CT molecular complexity index is 223. The number of piperidine rings is 1. The smallest absolute Gasteiger partial charge is 0.00672 e. The molecule has 1 aliphatic heterocycles. The van der Waals surface area contributed by atoms with Crippen LogP contribution in [0.4, 0.5) is 0 Å². The topological polar surface area (TPSA) is 24.1 Å². The molecule has 0 amide bonds. The van der Waals surface area contributed by atoms with E-state index in [1.165, 1.54) is 71.0 Å². The molecule has 1 atom stereocenters. The fraction of sp³-hybridized carbons (Fsp3) is 1.00. The van der Waals surface area contributed by atoms with Crippen LogP contribution in [0.3, 0.4) is 0 Å². The average molecular weight is 252 g/mol. The Morgan fingerprint density at radius 3 is 2.33 bits per heavy atom. The molecule has 2 rings (SSSR count). The summed E-state index contributed by atoms with van der Waals surface area (Å²) >= 11 is 0. The highest BCUT2D eigenvalue weighted by atomic mass is 14.9. The van der Waals surface area contributed by atoms with E-state index in [1.807, 2.05) is 0 Å². The van der Waals surface area contributed by atoms with E-state index < -0.39 is 0 Å². The van der Waals surface area contributed by atoms with Gasteiger partial charge in [0.2, 0.25) is 0 Å². The van der Waals surface area contributed by atoms with Crippen molar-refractivity contribution < 1.29 is 0 Å². The average Bonchev–Trinajstić information content (AvgIpc) is 2.66. The highest BCUT2D eigenvalue weighted by Crippen LogP contribution is 2.31. The van der Waals surface area contributed by atoms with E-state index in [0.717, 1.165) is 12.0 Å². The van der Waals surface area contributed by atoms with Crippen LogP contribution in [-0.2, 0) is 0 Å².